The SMILES string of the molecule is CC[C@H](O)c1ccccc1OCc1ccn(C)n1. The maximum absolute atomic E-state index is 9.91. The molecule has 0 saturated carbocycles. The normalized spacial score (nSPS) is 12.4. The van der Waals surface area contributed by atoms with Gasteiger partial charge in [-0.2, -0.15) is 5.10 Å². The number of ether oxygens (including phenoxy) is 1. The fourth-order valence-corrected chi connectivity index (χ4v) is 1.80. The molecule has 0 saturated heterocycles. The highest BCUT2D eigenvalue weighted by Crippen LogP contribution is 2.27. The number of benzene rings is 1. The van der Waals surface area contributed by atoms with Gasteiger partial charge >= 0.3 is 0 Å². The summed E-state index contributed by atoms with van der Waals surface area (Å²) in [4.78, 5) is 0. The zero-order valence-corrected chi connectivity index (χ0v) is 10.7. The van der Waals surface area contributed by atoms with Gasteiger partial charge in [0.05, 0.1) is 11.8 Å². The van der Waals surface area contributed by atoms with Gasteiger partial charge in [-0.1, -0.05) is 25.1 Å². The Labute approximate surface area is 107 Å². The van der Waals surface area contributed by atoms with Crippen molar-refractivity contribution in [3.63, 3.8) is 0 Å². The molecule has 0 fully saturated rings. The molecule has 0 spiro atoms. The van der Waals surface area contributed by atoms with Crippen LogP contribution < -0.4 is 4.74 Å². The quantitative estimate of drug-likeness (QED) is 0.881. The molecule has 2 rings (SSSR count). The summed E-state index contributed by atoms with van der Waals surface area (Å²) in [6, 6.07) is 9.49. The third kappa shape index (κ3) is 2.90. The Balaban J connectivity index is 2.09. The predicted molar refractivity (Wildman–Crippen MR) is 69.2 cm³/mol. The van der Waals surface area contributed by atoms with Crippen molar-refractivity contribution < 1.29 is 9.84 Å². The van der Waals surface area contributed by atoms with Crippen molar-refractivity contribution in [2.24, 2.45) is 7.05 Å². The molecule has 0 radical (unpaired) electrons. The Hall–Kier alpha value is -1.81. The van der Waals surface area contributed by atoms with Crippen molar-refractivity contribution >= 4 is 0 Å². The van der Waals surface area contributed by atoms with E-state index in [0.29, 0.717) is 13.0 Å². The summed E-state index contributed by atoms with van der Waals surface area (Å²) in [6.45, 7) is 2.36. The Morgan fingerprint density at radius 1 is 1.33 bits per heavy atom. The lowest BCUT2D eigenvalue weighted by Gasteiger charge is -2.14. The lowest BCUT2D eigenvalue weighted by atomic mass is 10.1. The summed E-state index contributed by atoms with van der Waals surface area (Å²) in [5.74, 6) is 0.720. The van der Waals surface area contributed by atoms with Gasteiger partial charge in [-0.3, -0.25) is 4.68 Å². The van der Waals surface area contributed by atoms with Gasteiger partial charge in [0.1, 0.15) is 12.4 Å². The van der Waals surface area contributed by atoms with E-state index in [1.54, 1.807) is 4.68 Å². The zero-order valence-electron chi connectivity index (χ0n) is 10.7. The second kappa shape index (κ2) is 5.69. The van der Waals surface area contributed by atoms with Crippen LogP contribution >= 0.6 is 0 Å². The van der Waals surface area contributed by atoms with Crippen molar-refractivity contribution in [1.29, 1.82) is 0 Å². The number of rotatable bonds is 5. The average Bonchev–Trinajstić information content (AvgIpc) is 2.81. The van der Waals surface area contributed by atoms with E-state index >= 15 is 0 Å². The van der Waals surface area contributed by atoms with Gasteiger partial charge in [0.15, 0.2) is 0 Å². The van der Waals surface area contributed by atoms with Crippen LogP contribution in [0.5, 0.6) is 5.75 Å². The largest absolute Gasteiger partial charge is 0.487 e. The minimum absolute atomic E-state index is 0.411. The van der Waals surface area contributed by atoms with Crippen molar-refractivity contribution in [1.82, 2.24) is 9.78 Å². The van der Waals surface area contributed by atoms with Crippen molar-refractivity contribution in [3.05, 3.63) is 47.8 Å². The highest BCUT2D eigenvalue weighted by atomic mass is 16.5. The second-order valence-corrected chi connectivity index (χ2v) is 4.23. The van der Waals surface area contributed by atoms with Crippen LogP contribution in [-0.4, -0.2) is 14.9 Å². The van der Waals surface area contributed by atoms with Gasteiger partial charge in [0.25, 0.3) is 0 Å². The number of aliphatic hydroxyl groups is 1. The monoisotopic (exact) mass is 246 g/mol. The Morgan fingerprint density at radius 3 is 2.78 bits per heavy atom. The first-order valence-corrected chi connectivity index (χ1v) is 6.09. The van der Waals surface area contributed by atoms with E-state index in [2.05, 4.69) is 5.10 Å². The lowest BCUT2D eigenvalue weighted by molar-refractivity contribution is 0.166. The van der Waals surface area contributed by atoms with Crippen LogP contribution in [0.15, 0.2) is 36.5 Å². The third-order valence-electron chi connectivity index (χ3n) is 2.81. The molecule has 18 heavy (non-hydrogen) atoms. The molecule has 1 aromatic carbocycles. The molecule has 1 heterocycles. The average molecular weight is 246 g/mol. The molecular formula is C14H18N2O2. The fourth-order valence-electron chi connectivity index (χ4n) is 1.80. The summed E-state index contributed by atoms with van der Waals surface area (Å²) in [5.41, 5.74) is 1.70. The Kier molecular flexibility index (Phi) is 3.99. The summed E-state index contributed by atoms with van der Waals surface area (Å²) < 4.78 is 7.47. The number of aromatic nitrogens is 2. The number of nitrogens with zero attached hydrogens (tertiary/aromatic N) is 2. The number of aryl methyl sites for hydroxylation is 1. The van der Waals surface area contributed by atoms with Gasteiger partial charge in [0.2, 0.25) is 0 Å². The summed E-state index contributed by atoms with van der Waals surface area (Å²) in [7, 11) is 1.87. The Morgan fingerprint density at radius 2 is 2.11 bits per heavy atom. The summed E-state index contributed by atoms with van der Waals surface area (Å²) >= 11 is 0. The van der Waals surface area contributed by atoms with Gasteiger partial charge < -0.3 is 9.84 Å². The van der Waals surface area contributed by atoms with Crippen LogP contribution in [0.25, 0.3) is 0 Å². The summed E-state index contributed by atoms with van der Waals surface area (Å²) in [6.07, 6.45) is 2.07. The first kappa shape index (κ1) is 12.6. The smallest absolute Gasteiger partial charge is 0.132 e. The molecule has 4 heteroatoms. The highest BCUT2D eigenvalue weighted by Gasteiger charge is 2.11. The van der Waals surface area contributed by atoms with Gasteiger partial charge in [-0.25, -0.2) is 0 Å². The van der Waals surface area contributed by atoms with E-state index in [4.69, 9.17) is 4.74 Å². The number of aliphatic hydroxyl groups excluding tert-OH is 1. The molecule has 0 unspecified atom stereocenters. The van der Waals surface area contributed by atoms with Crippen molar-refractivity contribution in [2.45, 2.75) is 26.1 Å². The summed E-state index contributed by atoms with van der Waals surface area (Å²) in [5, 5.41) is 14.2. The van der Waals surface area contributed by atoms with Crippen LogP contribution in [0.3, 0.4) is 0 Å². The predicted octanol–water partition coefficient (Wildman–Crippen LogP) is 2.44. The van der Waals surface area contributed by atoms with Crippen LogP contribution in [0.1, 0.15) is 30.7 Å². The molecule has 1 N–H and O–H groups in total. The van der Waals surface area contributed by atoms with Crippen LogP contribution in [-0.2, 0) is 13.7 Å². The maximum atomic E-state index is 9.91. The van der Waals surface area contributed by atoms with Crippen molar-refractivity contribution in [3.8, 4) is 5.75 Å². The zero-order chi connectivity index (χ0) is 13.0. The topological polar surface area (TPSA) is 47.3 Å². The standard InChI is InChI=1S/C14H18N2O2/c1-3-13(17)12-6-4-5-7-14(12)18-10-11-8-9-16(2)15-11/h4-9,13,17H,3,10H2,1-2H3/t13-/m0/s1. The van der Waals surface area contributed by atoms with Crippen LogP contribution in [0, 0.1) is 0 Å². The minimum atomic E-state index is -0.482. The van der Waals surface area contributed by atoms with Gasteiger partial charge in [0, 0.05) is 18.8 Å². The molecule has 2 aromatic rings. The van der Waals surface area contributed by atoms with Gasteiger partial charge in [-0.15, -0.1) is 0 Å². The molecule has 1 aromatic heterocycles. The molecule has 0 bridgehead atoms. The third-order valence-corrected chi connectivity index (χ3v) is 2.81. The number of hydrogen-bond acceptors (Lipinski definition) is 3. The molecule has 96 valence electrons. The Bertz CT molecular complexity index is 508. The van der Waals surface area contributed by atoms with E-state index in [1.807, 2.05) is 50.5 Å². The molecule has 1 atom stereocenters. The van der Waals surface area contributed by atoms with E-state index < -0.39 is 6.10 Å². The van der Waals surface area contributed by atoms with Gasteiger partial charge in [-0.05, 0) is 18.6 Å². The van der Waals surface area contributed by atoms with E-state index in [1.165, 1.54) is 0 Å². The van der Waals surface area contributed by atoms with E-state index in [0.717, 1.165) is 17.0 Å². The second-order valence-electron chi connectivity index (χ2n) is 4.23. The molecule has 0 aliphatic rings. The first-order valence-electron chi connectivity index (χ1n) is 6.09. The van der Waals surface area contributed by atoms with E-state index in [-0.39, 0.29) is 0 Å². The number of hydrogen-bond donors (Lipinski definition) is 1. The molecule has 4 nitrogen and oxygen atoms in total. The number of para-hydroxylation sites is 1. The minimum Gasteiger partial charge on any atom is -0.487 e. The highest BCUT2D eigenvalue weighted by molar-refractivity contribution is 5.35. The molecule has 0 amide bonds. The first-order chi connectivity index (χ1) is 8.70. The lowest BCUT2D eigenvalue weighted by Crippen LogP contribution is -2.03. The van der Waals surface area contributed by atoms with E-state index in [9.17, 15) is 5.11 Å². The van der Waals surface area contributed by atoms with Crippen LogP contribution in [0.2, 0.25) is 0 Å². The maximum Gasteiger partial charge on any atom is 0.132 e. The fraction of sp³-hybridized carbons (Fsp3) is 0.357. The van der Waals surface area contributed by atoms with Crippen LogP contribution in [0.4, 0.5) is 0 Å². The molecular weight excluding hydrogens is 228 g/mol. The molecule has 0 aliphatic carbocycles. The molecule has 0 aliphatic heterocycles. The van der Waals surface area contributed by atoms with Crippen molar-refractivity contribution in [2.75, 3.05) is 0 Å².